The molecule has 0 aliphatic carbocycles. The SMILES string of the molecule is O=C(Nc1ccc(I)cc1)C1CCC([N+](=O)[O-])O1. The van der Waals surface area contributed by atoms with E-state index >= 15 is 0 Å². The van der Waals surface area contributed by atoms with Gasteiger partial charge >= 0.3 is 6.23 Å². The van der Waals surface area contributed by atoms with Crippen LogP contribution in [0.5, 0.6) is 0 Å². The van der Waals surface area contributed by atoms with Gasteiger partial charge < -0.3 is 10.1 Å². The summed E-state index contributed by atoms with van der Waals surface area (Å²) in [6, 6.07) is 7.29. The molecule has 0 spiro atoms. The zero-order valence-electron chi connectivity index (χ0n) is 9.34. The summed E-state index contributed by atoms with van der Waals surface area (Å²) >= 11 is 2.17. The number of ether oxygens (including phenoxy) is 1. The van der Waals surface area contributed by atoms with Crippen LogP contribution in [0.15, 0.2) is 24.3 Å². The lowest BCUT2D eigenvalue weighted by atomic mass is 10.2. The Kier molecular flexibility index (Phi) is 4.12. The molecule has 96 valence electrons. The number of carbonyl (C=O) groups is 1. The average Bonchev–Trinajstić information content (AvgIpc) is 2.81. The molecule has 1 fully saturated rings. The molecular weight excluding hydrogens is 351 g/mol. The molecule has 1 aliphatic rings. The number of halogens is 1. The molecule has 2 unspecified atom stereocenters. The van der Waals surface area contributed by atoms with Gasteiger partial charge in [0.25, 0.3) is 5.91 Å². The fourth-order valence-electron chi connectivity index (χ4n) is 1.72. The second kappa shape index (κ2) is 5.61. The van der Waals surface area contributed by atoms with Gasteiger partial charge in [0.15, 0.2) is 0 Å². The number of rotatable bonds is 3. The van der Waals surface area contributed by atoms with Gasteiger partial charge in [0.2, 0.25) is 0 Å². The molecule has 0 bridgehead atoms. The predicted molar refractivity (Wildman–Crippen MR) is 72.7 cm³/mol. The summed E-state index contributed by atoms with van der Waals surface area (Å²) in [4.78, 5) is 21.8. The molecule has 1 N–H and O–H groups in total. The number of nitrogens with one attached hydrogen (secondary N) is 1. The standard InChI is InChI=1S/C11H11IN2O4/c12-7-1-3-8(4-2-7)13-11(15)9-5-6-10(18-9)14(16)17/h1-4,9-10H,5-6H2,(H,13,15). The quantitative estimate of drug-likeness (QED) is 0.507. The van der Waals surface area contributed by atoms with Crippen molar-refractivity contribution in [2.45, 2.75) is 25.2 Å². The van der Waals surface area contributed by atoms with Crippen LogP contribution in [0.1, 0.15) is 12.8 Å². The van der Waals surface area contributed by atoms with Crippen LogP contribution in [0.25, 0.3) is 0 Å². The molecule has 0 radical (unpaired) electrons. The second-order valence-corrected chi connectivity index (χ2v) is 5.18. The first kappa shape index (κ1) is 13.2. The molecule has 0 saturated carbocycles. The zero-order valence-corrected chi connectivity index (χ0v) is 11.5. The van der Waals surface area contributed by atoms with Gasteiger partial charge in [-0.1, -0.05) is 0 Å². The number of benzene rings is 1. The molecule has 1 saturated heterocycles. The van der Waals surface area contributed by atoms with Gasteiger partial charge in [-0.2, -0.15) is 0 Å². The van der Waals surface area contributed by atoms with Crippen molar-refractivity contribution in [3.05, 3.63) is 37.9 Å². The van der Waals surface area contributed by atoms with Crippen molar-refractivity contribution in [1.82, 2.24) is 0 Å². The molecule has 1 amide bonds. The fraction of sp³-hybridized carbons (Fsp3) is 0.364. The van der Waals surface area contributed by atoms with Crippen molar-refractivity contribution in [2.75, 3.05) is 5.32 Å². The molecular formula is C11H11IN2O4. The number of nitrogens with zero attached hydrogens (tertiary/aromatic N) is 1. The zero-order chi connectivity index (χ0) is 13.1. The van der Waals surface area contributed by atoms with Crippen LogP contribution in [-0.4, -0.2) is 23.2 Å². The second-order valence-electron chi connectivity index (χ2n) is 3.94. The van der Waals surface area contributed by atoms with E-state index in [0.29, 0.717) is 12.1 Å². The largest absolute Gasteiger partial charge is 0.324 e. The Morgan fingerprint density at radius 3 is 2.61 bits per heavy atom. The van der Waals surface area contributed by atoms with Crippen LogP contribution in [0, 0.1) is 13.7 Å². The highest BCUT2D eigenvalue weighted by Gasteiger charge is 2.37. The van der Waals surface area contributed by atoms with Gasteiger partial charge in [-0.25, -0.2) is 0 Å². The third-order valence-corrected chi connectivity index (χ3v) is 3.36. The summed E-state index contributed by atoms with van der Waals surface area (Å²) in [5.41, 5.74) is 0.661. The lowest BCUT2D eigenvalue weighted by molar-refractivity contribution is -0.570. The molecule has 6 nitrogen and oxygen atoms in total. The lowest BCUT2D eigenvalue weighted by Gasteiger charge is -2.10. The maximum Gasteiger partial charge on any atom is 0.316 e. The maximum absolute atomic E-state index is 11.8. The van der Waals surface area contributed by atoms with Crippen LogP contribution in [-0.2, 0) is 9.53 Å². The van der Waals surface area contributed by atoms with Crippen molar-refractivity contribution >= 4 is 34.2 Å². The number of hydrogen-bond donors (Lipinski definition) is 1. The number of amides is 1. The van der Waals surface area contributed by atoms with E-state index in [9.17, 15) is 14.9 Å². The minimum absolute atomic E-state index is 0.276. The van der Waals surface area contributed by atoms with Gasteiger partial charge in [0.1, 0.15) is 6.10 Å². The van der Waals surface area contributed by atoms with Crippen LogP contribution < -0.4 is 5.32 Å². The molecule has 2 rings (SSSR count). The van der Waals surface area contributed by atoms with E-state index in [4.69, 9.17) is 4.74 Å². The van der Waals surface area contributed by atoms with E-state index in [1.807, 2.05) is 12.1 Å². The van der Waals surface area contributed by atoms with Gasteiger partial charge in [-0.3, -0.25) is 14.9 Å². The normalized spacial score (nSPS) is 22.7. The third kappa shape index (κ3) is 3.16. The van der Waals surface area contributed by atoms with Crippen molar-refractivity contribution in [2.24, 2.45) is 0 Å². The van der Waals surface area contributed by atoms with E-state index in [1.165, 1.54) is 0 Å². The van der Waals surface area contributed by atoms with Crippen molar-refractivity contribution in [1.29, 1.82) is 0 Å². The van der Waals surface area contributed by atoms with Crippen molar-refractivity contribution in [3.63, 3.8) is 0 Å². The summed E-state index contributed by atoms with van der Waals surface area (Å²) in [6.45, 7) is 0. The molecule has 7 heteroatoms. The lowest BCUT2D eigenvalue weighted by Crippen LogP contribution is -2.29. The van der Waals surface area contributed by atoms with Crippen LogP contribution in [0.4, 0.5) is 5.69 Å². The van der Waals surface area contributed by atoms with Crippen molar-refractivity contribution in [3.8, 4) is 0 Å². The van der Waals surface area contributed by atoms with Crippen LogP contribution in [0.2, 0.25) is 0 Å². The molecule has 2 atom stereocenters. The monoisotopic (exact) mass is 362 g/mol. The summed E-state index contributed by atoms with van der Waals surface area (Å²) in [5.74, 6) is -0.333. The van der Waals surface area contributed by atoms with E-state index in [0.717, 1.165) is 3.57 Å². The minimum Gasteiger partial charge on any atom is -0.324 e. The van der Waals surface area contributed by atoms with E-state index in [1.54, 1.807) is 12.1 Å². The number of nitro groups is 1. The Morgan fingerprint density at radius 1 is 1.39 bits per heavy atom. The Bertz CT molecular complexity index is 463. The third-order valence-electron chi connectivity index (χ3n) is 2.64. The van der Waals surface area contributed by atoms with E-state index in [2.05, 4.69) is 27.9 Å². The number of hydrogen-bond acceptors (Lipinski definition) is 4. The average molecular weight is 362 g/mol. The Morgan fingerprint density at radius 2 is 2.06 bits per heavy atom. The highest BCUT2D eigenvalue weighted by molar-refractivity contribution is 14.1. The van der Waals surface area contributed by atoms with Gasteiger partial charge in [-0.15, -0.1) is 0 Å². The van der Waals surface area contributed by atoms with Gasteiger partial charge in [0.05, 0.1) is 4.92 Å². The smallest absolute Gasteiger partial charge is 0.316 e. The molecule has 1 aliphatic heterocycles. The maximum atomic E-state index is 11.8. The predicted octanol–water partition coefficient (Wildman–Crippen LogP) is 2.01. The fourth-order valence-corrected chi connectivity index (χ4v) is 2.08. The summed E-state index contributed by atoms with van der Waals surface area (Å²) in [5, 5.41) is 13.2. The molecule has 1 heterocycles. The summed E-state index contributed by atoms with van der Waals surface area (Å²) in [6.07, 6.45) is -1.14. The Balaban J connectivity index is 1.93. The van der Waals surface area contributed by atoms with Gasteiger partial charge in [-0.05, 0) is 53.3 Å². The van der Waals surface area contributed by atoms with Crippen LogP contribution in [0.3, 0.4) is 0 Å². The highest BCUT2D eigenvalue weighted by atomic mass is 127. The molecule has 0 aromatic heterocycles. The Hall–Kier alpha value is -1.22. The first-order chi connectivity index (χ1) is 8.56. The highest BCUT2D eigenvalue weighted by Crippen LogP contribution is 2.21. The Labute approximate surface area is 117 Å². The van der Waals surface area contributed by atoms with Gasteiger partial charge in [0, 0.05) is 15.7 Å². The van der Waals surface area contributed by atoms with Crippen LogP contribution >= 0.6 is 22.6 Å². The summed E-state index contributed by atoms with van der Waals surface area (Å²) < 4.78 is 6.13. The first-order valence-electron chi connectivity index (χ1n) is 5.41. The first-order valence-corrected chi connectivity index (χ1v) is 6.49. The van der Waals surface area contributed by atoms with Crippen molar-refractivity contribution < 1.29 is 14.5 Å². The van der Waals surface area contributed by atoms with E-state index < -0.39 is 17.3 Å². The molecule has 18 heavy (non-hydrogen) atoms. The topological polar surface area (TPSA) is 81.5 Å². The minimum atomic E-state index is -1.06. The number of anilines is 1. The molecule has 1 aromatic rings. The number of carbonyl (C=O) groups excluding carboxylic acids is 1. The summed E-state index contributed by atoms with van der Waals surface area (Å²) in [7, 11) is 0. The van der Waals surface area contributed by atoms with E-state index in [-0.39, 0.29) is 12.3 Å². The molecule has 1 aromatic carbocycles.